The lowest BCUT2D eigenvalue weighted by atomic mass is 10.1. The highest BCUT2D eigenvalue weighted by Crippen LogP contribution is 2.28. The molecule has 9 nitrogen and oxygen atoms in total. The van der Waals surface area contributed by atoms with Crippen molar-refractivity contribution >= 4 is 33.0 Å². The number of benzene rings is 2. The fraction of sp³-hybridized carbons (Fsp3) is 0.292. The second kappa shape index (κ2) is 9.76. The van der Waals surface area contributed by atoms with E-state index in [0.717, 1.165) is 20.2 Å². The van der Waals surface area contributed by atoms with Crippen molar-refractivity contribution in [1.82, 2.24) is 18.7 Å². The van der Waals surface area contributed by atoms with Gasteiger partial charge < -0.3 is 14.8 Å². The van der Waals surface area contributed by atoms with E-state index < -0.39 is 5.69 Å². The van der Waals surface area contributed by atoms with Crippen molar-refractivity contribution in [2.45, 2.75) is 13.0 Å². The maximum absolute atomic E-state index is 13.0. The van der Waals surface area contributed by atoms with Gasteiger partial charge in [-0.1, -0.05) is 34.1 Å². The number of aromatic nitrogens is 4. The molecule has 0 saturated heterocycles. The predicted octanol–water partition coefficient (Wildman–Crippen LogP) is 2.92. The normalized spacial score (nSPS) is 11.1. The summed E-state index contributed by atoms with van der Waals surface area (Å²) >= 11 is 3.50. The first-order valence-electron chi connectivity index (χ1n) is 10.7. The van der Waals surface area contributed by atoms with E-state index in [1.807, 2.05) is 47.0 Å². The molecule has 0 aliphatic heterocycles. The number of anilines is 1. The van der Waals surface area contributed by atoms with Crippen molar-refractivity contribution in [3.05, 3.63) is 78.9 Å². The molecule has 0 atom stereocenters. The van der Waals surface area contributed by atoms with Crippen LogP contribution in [0.2, 0.25) is 0 Å². The molecule has 0 aliphatic rings. The van der Waals surface area contributed by atoms with Gasteiger partial charge in [0, 0.05) is 25.1 Å². The fourth-order valence-corrected chi connectivity index (χ4v) is 4.35. The molecule has 0 amide bonds. The Morgan fingerprint density at radius 1 is 0.971 bits per heavy atom. The minimum Gasteiger partial charge on any atom is -0.493 e. The predicted molar refractivity (Wildman–Crippen MR) is 135 cm³/mol. The Kier molecular flexibility index (Phi) is 6.78. The third kappa shape index (κ3) is 4.45. The Morgan fingerprint density at radius 3 is 2.44 bits per heavy atom. The smallest absolute Gasteiger partial charge is 0.332 e. The highest BCUT2D eigenvalue weighted by Gasteiger charge is 2.19. The molecule has 34 heavy (non-hydrogen) atoms. The number of hydrogen-bond donors (Lipinski definition) is 1. The van der Waals surface area contributed by atoms with E-state index in [1.54, 1.807) is 21.3 Å². The molecule has 0 spiro atoms. The molecule has 0 radical (unpaired) electrons. The summed E-state index contributed by atoms with van der Waals surface area (Å²) in [5.74, 6) is 1.86. The van der Waals surface area contributed by atoms with Crippen LogP contribution >= 0.6 is 15.9 Å². The Labute approximate surface area is 204 Å². The Hall–Kier alpha value is -3.53. The van der Waals surface area contributed by atoms with Crippen molar-refractivity contribution in [1.29, 1.82) is 0 Å². The summed E-state index contributed by atoms with van der Waals surface area (Å²) in [5.41, 5.74) is 1.97. The van der Waals surface area contributed by atoms with Crippen molar-refractivity contribution in [2.24, 2.45) is 14.1 Å². The van der Waals surface area contributed by atoms with Gasteiger partial charge in [-0.15, -0.1) is 0 Å². The molecule has 0 aliphatic carbocycles. The number of imidazole rings is 1. The van der Waals surface area contributed by atoms with Crippen LogP contribution in [0.5, 0.6) is 11.5 Å². The van der Waals surface area contributed by atoms with Gasteiger partial charge in [-0.3, -0.25) is 18.5 Å². The topological polar surface area (TPSA) is 92.3 Å². The zero-order valence-corrected chi connectivity index (χ0v) is 21.0. The number of nitrogens with one attached hydrogen (secondary N) is 1. The monoisotopic (exact) mass is 527 g/mol. The lowest BCUT2D eigenvalue weighted by Gasteiger charge is -2.12. The van der Waals surface area contributed by atoms with Crippen molar-refractivity contribution in [2.75, 3.05) is 26.1 Å². The molecule has 4 aromatic rings. The standard InChI is InChI=1S/C24H26BrN5O4/c1-28-21-20(22(31)29(2)24(28)32)30(14-16-6-5-7-17(25)12-16)23(27-21)26-11-10-15-8-9-18(33-3)19(13-15)34-4/h5-9,12-13H,10-11,14H2,1-4H3,(H,26,27). The Morgan fingerprint density at radius 2 is 1.74 bits per heavy atom. The maximum atomic E-state index is 13.0. The molecule has 2 aromatic heterocycles. The van der Waals surface area contributed by atoms with Gasteiger partial charge in [0.25, 0.3) is 5.56 Å². The summed E-state index contributed by atoms with van der Waals surface area (Å²) in [6.45, 7) is 0.980. The second-order valence-electron chi connectivity index (χ2n) is 7.90. The molecule has 1 N–H and O–H groups in total. The molecule has 10 heteroatoms. The number of rotatable bonds is 8. The molecule has 4 rings (SSSR count). The minimum absolute atomic E-state index is 0.344. The molecule has 0 bridgehead atoms. The number of nitrogens with zero attached hydrogens (tertiary/aromatic N) is 4. The zero-order valence-electron chi connectivity index (χ0n) is 19.5. The molecule has 0 saturated carbocycles. The van der Waals surface area contributed by atoms with Crippen LogP contribution in [0.15, 0.2) is 56.5 Å². The summed E-state index contributed by atoms with van der Waals surface area (Å²) in [4.78, 5) is 30.1. The summed E-state index contributed by atoms with van der Waals surface area (Å²) < 4.78 is 16.0. The summed E-state index contributed by atoms with van der Waals surface area (Å²) in [6, 6.07) is 13.6. The summed E-state index contributed by atoms with van der Waals surface area (Å²) in [7, 11) is 6.31. The average molecular weight is 528 g/mol. The number of hydrogen-bond acceptors (Lipinski definition) is 6. The first-order chi connectivity index (χ1) is 16.3. The third-order valence-electron chi connectivity index (χ3n) is 5.72. The Balaban J connectivity index is 1.70. The van der Waals surface area contributed by atoms with Crippen LogP contribution in [0.4, 0.5) is 5.95 Å². The quantitative estimate of drug-likeness (QED) is 0.378. The van der Waals surface area contributed by atoms with E-state index in [2.05, 4.69) is 26.2 Å². The van der Waals surface area contributed by atoms with E-state index in [9.17, 15) is 9.59 Å². The lowest BCUT2D eigenvalue weighted by Crippen LogP contribution is -2.37. The molecule has 2 heterocycles. The summed E-state index contributed by atoms with van der Waals surface area (Å²) in [5, 5.41) is 3.35. The lowest BCUT2D eigenvalue weighted by molar-refractivity contribution is 0.354. The minimum atomic E-state index is -0.415. The van der Waals surface area contributed by atoms with Crippen LogP contribution in [-0.4, -0.2) is 39.4 Å². The van der Waals surface area contributed by atoms with Crippen molar-refractivity contribution < 1.29 is 9.47 Å². The van der Waals surface area contributed by atoms with E-state index in [1.165, 1.54) is 11.6 Å². The summed E-state index contributed by atoms with van der Waals surface area (Å²) in [6.07, 6.45) is 0.692. The maximum Gasteiger partial charge on any atom is 0.332 e. The Bertz CT molecular complexity index is 1470. The third-order valence-corrected chi connectivity index (χ3v) is 6.22. The van der Waals surface area contributed by atoms with Crippen LogP contribution in [0.25, 0.3) is 11.2 Å². The van der Waals surface area contributed by atoms with Gasteiger partial charge in [-0.25, -0.2) is 4.79 Å². The first-order valence-corrected chi connectivity index (χ1v) is 11.5. The van der Waals surface area contributed by atoms with Crippen LogP contribution in [0.1, 0.15) is 11.1 Å². The number of fused-ring (bicyclic) bond motifs is 1. The van der Waals surface area contributed by atoms with Crippen LogP contribution < -0.4 is 26.0 Å². The molecule has 0 fully saturated rings. The van der Waals surface area contributed by atoms with Gasteiger partial charge >= 0.3 is 5.69 Å². The van der Waals surface area contributed by atoms with Gasteiger partial charge in [0.1, 0.15) is 0 Å². The molecular formula is C24H26BrN5O4. The number of halogens is 1. The van der Waals surface area contributed by atoms with Gasteiger partial charge in [0.05, 0.1) is 20.8 Å². The van der Waals surface area contributed by atoms with Crippen LogP contribution in [-0.2, 0) is 27.1 Å². The number of ether oxygens (including phenoxy) is 2. The van der Waals surface area contributed by atoms with Crippen LogP contribution in [0.3, 0.4) is 0 Å². The SMILES string of the molecule is COc1ccc(CCNc2nc3c(c(=O)n(C)c(=O)n3C)n2Cc2cccc(Br)c2)cc1OC. The van der Waals surface area contributed by atoms with E-state index in [4.69, 9.17) is 9.47 Å². The largest absolute Gasteiger partial charge is 0.493 e. The molecule has 0 unspecified atom stereocenters. The first kappa shape index (κ1) is 23.6. The highest BCUT2D eigenvalue weighted by atomic mass is 79.9. The molecule has 2 aromatic carbocycles. The van der Waals surface area contributed by atoms with E-state index in [-0.39, 0.29) is 5.56 Å². The number of aryl methyl sites for hydroxylation is 1. The van der Waals surface area contributed by atoms with Crippen molar-refractivity contribution in [3.8, 4) is 11.5 Å². The molecule has 178 valence electrons. The van der Waals surface area contributed by atoms with E-state index in [0.29, 0.717) is 48.1 Å². The number of methoxy groups -OCH3 is 2. The van der Waals surface area contributed by atoms with Crippen molar-refractivity contribution in [3.63, 3.8) is 0 Å². The average Bonchev–Trinajstić information content (AvgIpc) is 3.19. The van der Waals surface area contributed by atoms with Gasteiger partial charge in [-0.2, -0.15) is 4.98 Å². The van der Waals surface area contributed by atoms with E-state index >= 15 is 0 Å². The van der Waals surface area contributed by atoms with Gasteiger partial charge in [0.15, 0.2) is 22.7 Å². The molecular weight excluding hydrogens is 502 g/mol. The van der Waals surface area contributed by atoms with Gasteiger partial charge in [-0.05, 0) is 41.8 Å². The fourth-order valence-electron chi connectivity index (χ4n) is 3.91. The van der Waals surface area contributed by atoms with Gasteiger partial charge in [0.2, 0.25) is 5.95 Å². The van der Waals surface area contributed by atoms with Crippen LogP contribution in [0, 0.1) is 0 Å². The zero-order chi connectivity index (χ0) is 24.4. The second-order valence-corrected chi connectivity index (χ2v) is 8.81. The highest BCUT2D eigenvalue weighted by molar-refractivity contribution is 9.10.